The molecule has 1 N–H and O–H groups in total. The Labute approximate surface area is 118 Å². The lowest BCUT2D eigenvalue weighted by Gasteiger charge is -2.38. The summed E-state index contributed by atoms with van der Waals surface area (Å²) in [5.41, 5.74) is 4.56. The minimum Gasteiger partial charge on any atom is -0.369 e. The number of rotatable bonds is 2. The van der Waals surface area contributed by atoms with Crippen molar-refractivity contribution in [2.45, 2.75) is 52.5 Å². The van der Waals surface area contributed by atoms with Crippen molar-refractivity contribution in [3.05, 3.63) is 29.3 Å². The van der Waals surface area contributed by atoms with Crippen molar-refractivity contribution < 1.29 is 0 Å². The summed E-state index contributed by atoms with van der Waals surface area (Å²) in [6.45, 7) is 12.5. The molecule has 0 aliphatic carbocycles. The molecule has 1 aromatic carbocycles. The maximum Gasteiger partial charge on any atom is 0.0428 e. The molecule has 2 heteroatoms. The SMILES string of the molecule is CCc1cccc(C)c1N1CCCCNC(C)(C)C1. The molecular formula is C17H28N2. The average Bonchev–Trinajstić information content (AvgIpc) is 2.34. The van der Waals surface area contributed by atoms with Gasteiger partial charge in [0.05, 0.1) is 0 Å². The number of nitrogens with one attached hydrogen (secondary N) is 1. The van der Waals surface area contributed by atoms with Crippen LogP contribution in [0, 0.1) is 6.92 Å². The van der Waals surface area contributed by atoms with Gasteiger partial charge in [0.2, 0.25) is 0 Å². The lowest BCUT2D eigenvalue weighted by molar-refractivity contribution is 0.363. The van der Waals surface area contributed by atoms with E-state index in [0.29, 0.717) is 0 Å². The van der Waals surface area contributed by atoms with Gasteiger partial charge in [-0.25, -0.2) is 0 Å². The summed E-state index contributed by atoms with van der Waals surface area (Å²) in [7, 11) is 0. The van der Waals surface area contributed by atoms with Crippen molar-refractivity contribution in [2.24, 2.45) is 0 Å². The largest absolute Gasteiger partial charge is 0.369 e. The van der Waals surface area contributed by atoms with Crippen molar-refractivity contribution in [3.63, 3.8) is 0 Å². The molecule has 1 saturated heterocycles. The molecule has 0 atom stereocenters. The third kappa shape index (κ3) is 3.50. The molecule has 19 heavy (non-hydrogen) atoms. The molecule has 1 aliphatic rings. The average molecular weight is 260 g/mol. The van der Waals surface area contributed by atoms with E-state index in [9.17, 15) is 0 Å². The van der Waals surface area contributed by atoms with Crippen molar-refractivity contribution in [1.29, 1.82) is 0 Å². The van der Waals surface area contributed by atoms with Crippen LogP contribution in [0.25, 0.3) is 0 Å². The maximum absolute atomic E-state index is 3.68. The first-order valence-corrected chi connectivity index (χ1v) is 7.62. The van der Waals surface area contributed by atoms with E-state index in [-0.39, 0.29) is 5.54 Å². The van der Waals surface area contributed by atoms with Gasteiger partial charge in [-0.1, -0.05) is 25.1 Å². The van der Waals surface area contributed by atoms with E-state index < -0.39 is 0 Å². The fraction of sp³-hybridized carbons (Fsp3) is 0.647. The van der Waals surface area contributed by atoms with Gasteiger partial charge in [-0.15, -0.1) is 0 Å². The Morgan fingerprint density at radius 3 is 2.79 bits per heavy atom. The number of aryl methyl sites for hydroxylation is 2. The van der Waals surface area contributed by atoms with Gasteiger partial charge in [0.15, 0.2) is 0 Å². The number of nitrogens with zero attached hydrogens (tertiary/aromatic N) is 1. The zero-order chi connectivity index (χ0) is 13.9. The highest BCUT2D eigenvalue weighted by molar-refractivity contribution is 5.59. The van der Waals surface area contributed by atoms with Crippen LogP contribution in [0.2, 0.25) is 0 Å². The van der Waals surface area contributed by atoms with E-state index >= 15 is 0 Å². The first-order chi connectivity index (χ1) is 9.03. The molecule has 0 radical (unpaired) electrons. The van der Waals surface area contributed by atoms with Gasteiger partial charge in [-0.05, 0) is 57.7 Å². The topological polar surface area (TPSA) is 15.3 Å². The van der Waals surface area contributed by atoms with E-state index in [1.165, 1.54) is 36.2 Å². The van der Waals surface area contributed by atoms with Crippen molar-refractivity contribution in [3.8, 4) is 0 Å². The summed E-state index contributed by atoms with van der Waals surface area (Å²) < 4.78 is 0. The smallest absolute Gasteiger partial charge is 0.0428 e. The van der Waals surface area contributed by atoms with Gasteiger partial charge in [0.25, 0.3) is 0 Å². The minimum absolute atomic E-state index is 0.188. The van der Waals surface area contributed by atoms with Crippen molar-refractivity contribution in [1.82, 2.24) is 5.32 Å². The normalized spacial score (nSPS) is 19.9. The number of benzene rings is 1. The van der Waals surface area contributed by atoms with Gasteiger partial charge in [0.1, 0.15) is 0 Å². The zero-order valence-corrected chi connectivity index (χ0v) is 12.9. The zero-order valence-electron chi connectivity index (χ0n) is 12.9. The molecule has 0 bridgehead atoms. The van der Waals surface area contributed by atoms with Gasteiger partial charge in [-0.2, -0.15) is 0 Å². The summed E-state index contributed by atoms with van der Waals surface area (Å²) in [6.07, 6.45) is 3.66. The van der Waals surface area contributed by atoms with E-state index in [0.717, 1.165) is 19.5 Å². The number of hydrogen-bond acceptors (Lipinski definition) is 2. The molecule has 1 heterocycles. The molecule has 2 nitrogen and oxygen atoms in total. The maximum atomic E-state index is 3.68. The monoisotopic (exact) mass is 260 g/mol. The van der Waals surface area contributed by atoms with Crippen LogP contribution in [0.4, 0.5) is 5.69 Å². The van der Waals surface area contributed by atoms with Crippen LogP contribution < -0.4 is 10.2 Å². The highest BCUT2D eigenvalue weighted by atomic mass is 15.2. The molecule has 1 aliphatic heterocycles. The van der Waals surface area contributed by atoms with Crippen LogP contribution in [0.5, 0.6) is 0 Å². The van der Waals surface area contributed by atoms with E-state index in [4.69, 9.17) is 0 Å². The molecule has 0 spiro atoms. The number of anilines is 1. The highest BCUT2D eigenvalue weighted by Gasteiger charge is 2.24. The molecule has 0 amide bonds. The second-order valence-electron chi connectivity index (χ2n) is 6.38. The van der Waals surface area contributed by atoms with Crippen LogP contribution in [0.15, 0.2) is 18.2 Å². The fourth-order valence-electron chi connectivity index (χ4n) is 3.11. The van der Waals surface area contributed by atoms with Gasteiger partial charge in [0, 0.05) is 24.3 Å². The van der Waals surface area contributed by atoms with Crippen LogP contribution in [0.3, 0.4) is 0 Å². The Hall–Kier alpha value is -1.02. The Balaban J connectivity index is 2.32. The predicted molar refractivity (Wildman–Crippen MR) is 84.1 cm³/mol. The second-order valence-corrected chi connectivity index (χ2v) is 6.38. The molecule has 0 unspecified atom stereocenters. The molecule has 106 valence electrons. The Morgan fingerprint density at radius 2 is 2.05 bits per heavy atom. The quantitative estimate of drug-likeness (QED) is 0.875. The second kappa shape index (κ2) is 5.96. The first-order valence-electron chi connectivity index (χ1n) is 7.62. The van der Waals surface area contributed by atoms with Gasteiger partial charge < -0.3 is 10.2 Å². The summed E-state index contributed by atoms with van der Waals surface area (Å²) >= 11 is 0. The summed E-state index contributed by atoms with van der Waals surface area (Å²) in [6, 6.07) is 6.71. The molecule has 1 aromatic rings. The summed E-state index contributed by atoms with van der Waals surface area (Å²) in [5.74, 6) is 0. The van der Waals surface area contributed by atoms with Crippen LogP contribution in [-0.2, 0) is 6.42 Å². The molecule has 2 rings (SSSR count). The summed E-state index contributed by atoms with van der Waals surface area (Å²) in [4.78, 5) is 2.60. The van der Waals surface area contributed by atoms with Gasteiger partial charge in [-0.3, -0.25) is 0 Å². The molecule has 0 saturated carbocycles. The Kier molecular flexibility index (Phi) is 4.51. The summed E-state index contributed by atoms with van der Waals surface area (Å²) in [5, 5.41) is 3.68. The van der Waals surface area contributed by atoms with Crippen LogP contribution in [0.1, 0.15) is 44.7 Å². The molecule has 1 fully saturated rings. The lowest BCUT2D eigenvalue weighted by Crippen LogP contribution is -2.51. The molecule has 0 aromatic heterocycles. The third-order valence-corrected chi connectivity index (χ3v) is 4.06. The minimum atomic E-state index is 0.188. The highest BCUT2D eigenvalue weighted by Crippen LogP contribution is 2.28. The Bertz CT molecular complexity index is 423. The third-order valence-electron chi connectivity index (χ3n) is 4.06. The van der Waals surface area contributed by atoms with Crippen LogP contribution >= 0.6 is 0 Å². The standard InChI is InChI=1S/C17H28N2/c1-5-15-10-8-9-14(2)16(15)19-12-7-6-11-18-17(3,4)13-19/h8-10,18H,5-7,11-13H2,1-4H3. The van der Waals surface area contributed by atoms with E-state index in [1.54, 1.807) is 0 Å². The van der Waals surface area contributed by atoms with E-state index in [2.05, 4.69) is 56.1 Å². The Morgan fingerprint density at radius 1 is 1.26 bits per heavy atom. The van der Waals surface area contributed by atoms with Crippen molar-refractivity contribution in [2.75, 3.05) is 24.5 Å². The lowest BCUT2D eigenvalue weighted by atomic mass is 9.98. The fourth-order valence-corrected chi connectivity index (χ4v) is 3.11. The van der Waals surface area contributed by atoms with E-state index in [1.807, 2.05) is 0 Å². The predicted octanol–water partition coefficient (Wildman–Crippen LogP) is 3.53. The van der Waals surface area contributed by atoms with Crippen molar-refractivity contribution >= 4 is 5.69 Å². The number of para-hydroxylation sites is 1. The number of hydrogen-bond donors (Lipinski definition) is 1. The first kappa shape index (κ1) is 14.4. The van der Waals surface area contributed by atoms with Crippen LogP contribution in [-0.4, -0.2) is 25.2 Å². The van der Waals surface area contributed by atoms with Gasteiger partial charge >= 0.3 is 0 Å². The molecular weight excluding hydrogens is 232 g/mol.